The molecule has 2 N–H and O–H groups in total. The molecule has 0 saturated heterocycles. The lowest BCUT2D eigenvalue weighted by Gasteiger charge is -2.12. The van der Waals surface area contributed by atoms with Gasteiger partial charge < -0.3 is 10.3 Å². The Morgan fingerprint density at radius 1 is 1.50 bits per heavy atom. The van der Waals surface area contributed by atoms with E-state index in [2.05, 4.69) is 15.4 Å². The highest BCUT2D eigenvalue weighted by Crippen LogP contribution is 2.28. The molecule has 2 aromatic rings. The van der Waals surface area contributed by atoms with Gasteiger partial charge in [-0.1, -0.05) is 0 Å². The van der Waals surface area contributed by atoms with Crippen LogP contribution in [0.5, 0.6) is 0 Å². The van der Waals surface area contributed by atoms with Gasteiger partial charge in [-0.25, -0.2) is 4.98 Å². The number of aryl methyl sites for hydroxylation is 1. The van der Waals surface area contributed by atoms with Crippen LogP contribution in [-0.4, -0.2) is 25.7 Å². The Hall–Kier alpha value is -2.32. The molecule has 6 nitrogen and oxygen atoms in total. The number of halogens is 3. The van der Waals surface area contributed by atoms with Gasteiger partial charge >= 0.3 is 6.18 Å². The maximum absolute atomic E-state index is 12.4. The number of hydrogen-bond acceptors (Lipinski definition) is 3. The summed E-state index contributed by atoms with van der Waals surface area (Å²) in [6.07, 6.45) is -2.16. The first-order valence-electron chi connectivity index (χ1n) is 5.69. The quantitative estimate of drug-likeness (QED) is 0.901. The van der Waals surface area contributed by atoms with E-state index >= 15 is 0 Å². The van der Waals surface area contributed by atoms with E-state index in [1.54, 1.807) is 14.0 Å². The molecule has 0 spiro atoms. The van der Waals surface area contributed by atoms with Gasteiger partial charge in [0.25, 0.3) is 5.91 Å². The summed E-state index contributed by atoms with van der Waals surface area (Å²) < 4.78 is 38.7. The molecule has 2 heterocycles. The molecular formula is C11H12F3N5O. The van der Waals surface area contributed by atoms with Crippen molar-refractivity contribution in [2.75, 3.05) is 0 Å². The second-order valence-corrected chi connectivity index (χ2v) is 4.24. The molecule has 0 radical (unpaired) electrons. The second-order valence-electron chi connectivity index (χ2n) is 4.24. The van der Waals surface area contributed by atoms with Crippen molar-refractivity contribution in [1.29, 1.82) is 0 Å². The van der Waals surface area contributed by atoms with Gasteiger partial charge in [0.2, 0.25) is 0 Å². The summed E-state index contributed by atoms with van der Waals surface area (Å²) >= 11 is 0. The van der Waals surface area contributed by atoms with E-state index in [4.69, 9.17) is 0 Å². The average Bonchev–Trinajstić information content (AvgIpc) is 2.95. The first kappa shape index (κ1) is 14.1. The highest BCUT2D eigenvalue weighted by Gasteiger charge is 2.33. The predicted molar refractivity (Wildman–Crippen MR) is 62.7 cm³/mol. The van der Waals surface area contributed by atoms with Gasteiger partial charge in [0.05, 0.1) is 11.6 Å². The predicted octanol–water partition coefficient (Wildman–Crippen LogP) is 1.65. The molecule has 20 heavy (non-hydrogen) atoms. The van der Waals surface area contributed by atoms with Crippen LogP contribution < -0.4 is 5.32 Å². The lowest BCUT2D eigenvalue weighted by Crippen LogP contribution is -2.28. The zero-order valence-corrected chi connectivity index (χ0v) is 10.7. The van der Waals surface area contributed by atoms with Crippen LogP contribution >= 0.6 is 0 Å². The normalized spacial score (nSPS) is 13.2. The van der Waals surface area contributed by atoms with E-state index in [1.165, 1.54) is 11.0 Å². The number of alkyl halides is 3. The number of nitrogens with one attached hydrogen (secondary N) is 2. The van der Waals surface area contributed by atoms with E-state index < -0.39 is 23.8 Å². The molecule has 9 heteroatoms. The summed E-state index contributed by atoms with van der Waals surface area (Å²) in [5, 5.41) is 6.41. The zero-order chi connectivity index (χ0) is 14.9. The number of aromatic amines is 1. The summed E-state index contributed by atoms with van der Waals surface area (Å²) in [5.41, 5.74) is -1.06. The maximum atomic E-state index is 12.4. The number of rotatable bonds is 3. The Kier molecular flexibility index (Phi) is 3.51. The molecule has 0 aromatic carbocycles. The Balaban J connectivity index is 2.09. The standard InChI is InChI=1S/C11H12F3N5O/c1-6(9-16-5-17-19(9)2)18-10(20)7-3-8(15-4-7)11(12,13)14/h3-6,15H,1-2H3,(H,18,20). The SMILES string of the molecule is CC(NC(=O)c1c[nH]c(C(F)(F)F)c1)c1ncnn1C. The first-order valence-corrected chi connectivity index (χ1v) is 5.69. The van der Waals surface area contributed by atoms with E-state index in [-0.39, 0.29) is 5.56 Å². The van der Waals surface area contributed by atoms with Gasteiger partial charge in [-0.15, -0.1) is 0 Å². The molecule has 2 rings (SSSR count). The minimum atomic E-state index is -4.51. The molecule has 0 fully saturated rings. The molecule has 0 bridgehead atoms. The Morgan fingerprint density at radius 3 is 2.70 bits per heavy atom. The van der Waals surface area contributed by atoms with Crippen LogP contribution in [0.25, 0.3) is 0 Å². The molecular weight excluding hydrogens is 275 g/mol. The topological polar surface area (TPSA) is 75.6 Å². The van der Waals surface area contributed by atoms with Gasteiger partial charge in [0.15, 0.2) is 0 Å². The average molecular weight is 287 g/mol. The monoisotopic (exact) mass is 287 g/mol. The molecule has 2 aromatic heterocycles. The lowest BCUT2D eigenvalue weighted by atomic mass is 10.2. The molecule has 0 aliphatic rings. The van der Waals surface area contributed by atoms with Crippen LogP contribution in [-0.2, 0) is 13.2 Å². The van der Waals surface area contributed by atoms with Crippen molar-refractivity contribution >= 4 is 5.91 Å². The summed E-state index contributed by atoms with van der Waals surface area (Å²) in [7, 11) is 1.66. The number of aromatic nitrogens is 4. The van der Waals surface area contributed by atoms with Crippen LogP contribution in [0.15, 0.2) is 18.6 Å². The van der Waals surface area contributed by atoms with Gasteiger partial charge in [0, 0.05) is 13.2 Å². The van der Waals surface area contributed by atoms with Crippen molar-refractivity contribution in [2.45, 2.75) is 19.1 Å². The minimum Gasteiger partial charge on any atom is -0.357 e. The lowest BCUT2D eigenvalue weighted by molar-refractivity contribution is -0.140. The Bertz CT molecular complexity index is 616. The van der Waals surface area contributed by atoms with E-state index in [1.807, 2.05) is 4.98 Å². The van der Waals surface area contributed by atoms with Crippen LogP contribution in [0, 0.1) is 0 Å². The number of H-pyrrole nitrogens is 1. The fourth-order valence-electron chi connectivity index (χ4n) is 1.73. The summed E-state index contributed by atoms with van der Waals surface area (Å²) in [4.78, 5) is 17.8. The highest BCUT2D eigenvalue weighted by molar-refractivity contribution is 5.94. The van der Waals surface area contributed by atoms with Crippen molar-refractivity contribution in [3.8, 4) is 0 Å². The summed E-state index contributed by atoms with van der Waals surface area (Å²) in [5.74, 6) is -0.114. The maximum Gasteiger partial charge on any atom is 0.431 e. The number of nitrogens with zero attached hydrogens (tertiary/aromatic N) is 3. The fraction of sp³-hybridized carbons (Fsp3) is 0.364. The molecule has 1 amide bonds. The number of amides is 1. The Labute approximate surface area is 112 Å². The third kappa shape index (κ3) is 2.81. The van der Waals surface area contributed by atoms with Gasteiger partial charge in [-0.3, -0.25) is 9.48 Å². The molecule has 1 atom stereocenters. The second kappa shape index (κ2) is 4.99. The van der Waals surface area contributed by atoms with Crippen molar-refractivity contribution in [3.05, 3.63) is 35.7 Å². The van der Waals surface area contributed by atoms with Crippen molar-refractivity contribution in [3.63, 3.8) is 0 Å². The molecule has 108 valence electrons. The van der Waals surface area contributed by atoms with Crippen LogP contribution in [0.3, 0.4) is 0 Å². The first-order chi connectivity index (χ1) is 9.29. The van der Waals surface area contributed by atoms with Crippen LogP contribution in [0.2, 0.25) is 0 Å². The third-order valence-electron chi connectivity index (χ3n) is 2.73. The van der Waals surface area contributed by atoms with Crippen molar-refractivity contribution in [2.24, 2.45) is 7.05 Å². The van der Waals surface area contributed by atoms with Gasteiger partial charge in [0.1, 0.15) is 17.8 Å². The van der Waals surface area contributed by atoms with Gasteiger partial charge in [-0.2, -0.15) is 18.3 Å². The van der Waals surface area contributed by atoms with Crippen LogP contribution in [0.1, 0.15) is 34.8 Å². The zero-order valence-electron chi connectivity index (χ0n) is 10.7. The third-order valence-corrected chi connectivity index (χ3v) is 2.73. The number of carbonyl (C=O) groups is 1. The smallest absolute Gasteiger partial charge is 0.357 e. The van der Waals surface area contributed by atoms with Gasteiger partial charge in [-0.05, 0) is 13.0 Å². The van der Waals surface area contributed by atoms with E-state index in [0.29, 0.717) is 5.82 Å². The molecule has 0 aliphatic heterocycles. The summed E-state index contributed by atoms with van der Waals surface area (Å²) in [6.45, 7) is 1.67. The minimum absolute atomic E-state index is 0.0913. The van der Waals surface area contributed by atoms with Crippen molar-refractivity contribution < 1.29 is 18.0 Å². The highest BCUT2D eigenvalue weighted by atomic mass is 19.4. The molecule has 0 saturated carbocycles. The summed E-state index contributed by atoms with van der Waals surface area (Å²) in [6, 6.07) is 0.290. The molecule has 1 unspecified atom stereocenters. The fourth-order valence-corrected chi connectivity index (χ4v) is 1.73. The number of carbonyl (C=O) groups excluding carboxylic acids is 1. The molecule has 0 aliphatic carbocycles. The van der Waals surface area contributed by atoms with Crippen molar-refractivity contribution in [1.82, 2.24) is 25.1 Å². The van der Waals surface area contributed by atoms with Crippen LogP contribution in [0.4, 0.5) is 13.2 Å². The largest absolute Gasteiger partial charge is 0.431 e. The van der Waals surface area contributed by atoms with E-state index in [0.717, 1.165) is 12.3 Å². The van der Waals surface area contributed by atoms with E-state index in [9.17, 15) is 18.0 Å². The Morgan fingerprint density at radius 2 is 2.20 bits per heavy atom. The number of hydrogen-bond donors (Lipinski definition) is 2.